The van der Waals surface area contributed by atoms with E-state index in [0.717, 1.165) is 5.56 Å². The van der Waals surface area contributed by atoms with Gasteiger partial charge in [0.25, 0.3) is 5.91 Å². The van der Waals surface area contributed by atoms with Gasteiger partial charge >= 0.3 is 6.09 Å². The van der Waals surface area contributed by atoms with Crippen molar-refractivity contribution in [3.05, 3.63) is 35.9 Å². The second-order valence-corrected chi connectivity index (χ2v) is 5.23. The lowest BCUT2D eigenvalue weighted by molar-refractivity contribution is -0.122. The molecule has 2 amide bonds. The van der Waals surface area contributed by atoms with Crippen LogP contribution >= 0.6 is 0 Å². The van der Waals surface area contributed by atoms with Gasteiger partial charge in [0.15, 0.2) is 0 Å². The quantitative estimate of drug-likeness (QED) is 0.898. The van der Waals surface area contributed by atoms with E-state index in [2.05, 4.69) is 5.32 Å². The molecule has 1 aromatic rings. The Bertz CT molecular complexity index is 438. The first kappa shape index (κ1) is 15.2. The molecular formula is C14H19N2O3. The fourth-order valence-corrected chi connectivity index (χ4v) is 1.41. The summed E-state index contributed by atoms with van der Waals surface area (Å²) in [5.74, 6) is -0.668. The third kappa shape index (κ3) is 6.01. The molecule has 2 N–H and O–H groups in total. The zero-order chi connectivity index (χ0) is 14.5. The zero-order valence-corrected chi connectivity index (χ0v) is 11.4. The number of ether oxygens (including phenoxy) is 1. The molecule has 0 aromatic heterocycles. The molecule has 0 heterocycles. The maximum absolute atomic E-state index is 11.7. The van der Waals surface area contributed by atoms with Crippen molar-refractivity contribution in [2.24, 2.45) is 5.73 Å². The van der Waals surface area contributed by atoms with E-state index in [1.165, 1.54) is 0 Å². The summed E-state index contributed by atoms with van der Waals surface area (Å²) < 4.78 is 4.93. The van der Waals surface area contributed by atoms with Crippen LogP contribution in [-0.2, 0) is 16.0 Å². The second kappa shape index (κ2) is 6.33. The predicted molar refractivity (Wildman–Crippen MR) is 71.5 cm³/mol. The maximum Gasteiger partial charge on any atom is 0.437 e. The summed E-state index contributed by atoms with van der Waals surface area (Å²) >= 11 is 0. The number of benzene rings is 1. The highest BCUT2D eigenvalue weighted by Gasteiger charge is 2.23. The molecule has 0 unspecified atom stereocenters. The van der Waals surface area contributed by atoms with Crippen molar-refractivity contribution in [2.75, 3.05) is 0 Å². The molecule has 0 spiro atoms. The Kier molecular flexibility index (Phi) is 5.06. The lowest BCUT2D eigenvalue weighted by Gasteiger charge is -2.19. The van der Waals surface area contributed by atoms with Gasteiger partial charge in [-0.15, -0.1) is 5.32 Å². The first-order valence-electron chi connectivity index (χ1n) is 6.06. The van der Waals surface area contributed by atoms with Crippen molar-refractivity contribution in [3.63, 3.8) is 0 Å². The summed E-state index contributed by atoms with van der Waals surface area (Å²) in [4.78, 5) is 23.0. The average Bonchev–Trinajstić information content (AvgIpc) is 2.27. The average molecular weight is 263 g/mol. The minimum atomic E-state index is -0.902. The van der Waals surface area contributed by atoms with Crippen LogP contribution in [-0.4, -0.2) is 23.6 Å². The van der Waals surface area contributed by atoms with E-state index in [9.17, 15) is 9.59 Å². The first-order chi connectivity index (χ1) is 8.78. The maximum atomic E-state index is 11.7. The van der Waals surface area contributed by atoms with E-state index in [-0.39, 0.29) is 0 Å². The molecular weight excluding hydrogens is 244 g/mol. The number of nitrogens with two attached hydrogens (primary N) is 1. The van der Waals surface area contributed by atoms with Gasteiger partial charge in [0.05, 0.1) is 6.04 Å². The van der Waals surface area contributed by atoms with Crippen molar-refractivity contribution in [3.8, 4) is 0 Å². The topological polar surface area (TPSA) is 83.5 Å². The molecule has 19 heavy (non-hydrogen) atoms. The van der Waals surface area contributed by atoms with Crippen molar-refractivity contribution in [2.45, 2.75) is 38.8 Å². The number of carbonyl (C=O) groups is 2. The van der Waals surface area contributed by atoms with Crippen LogP contribution in [0.2, 0.25) is 0 Å². The third-order valence-electron chi connectivity index (χ3n) is 2.21. The molecule has 0 aliphatic heterocycles. The molecule has 0 saturated carbocycles. The Morgan fingerprint density at radius 3 is 2.37 bits per heavy atom. The van der Waals surface area contributed by atoms with Crippen molar-refractivity contribution in [1.82, 2.24) is 5.32 Å². The number of rotatable bonds is 3. The summed E-state index contributed by atoms with van der Waals surface area (Å²) in [7, 11) is 0. The van der Waals surface area contributed by atoms with E-state index >= 15 is 0 Å². The van der Waals surface area contributed by atoms with Crippen LogP contribution in [0.25, 0.3) is 0 Å². The zero-order valence-electron chi connectivity index (χ0n) is 11.4. The fraction of sp³-hybridized carbons (Fsp3) is 0.429. The molecule has 0 saturated heterocycles. The van der Waals surface area contributed by atoms with Gasteiger partial charge in [-0.3, -0.25) is 4.79 Å². The molecule has 1 rings (SSSR count). The van der Waals surface area contributed by atoms with Crippen molar-refractivity contribution >= 4 is 12.0 Å². The normalized spacial score (nSPS) is 12.6. The Morgan fingerprint density at radius 1 is 1.26 bits per heavy atom. The van der Waals surface area contributed by atoms with E-state index in [4.69, 9.17) is 10.5 Å². The molecule has 5 nitrogen and oxygen atoms in total. The predicted octanol–water partition coefficient (Wildman–Crippen LogP) is 1.62. The highest BCUT2D eigenvalue weighted by Crippen LogP contribution is 2.07. The molecule has 1 aromatic carbocycles. The van der Waals surface area contributed by atoms with Gasteiger partial charge in [-0.25, -0.2) is 4.79 Å². The van der Waals surface area contributed by atoms with Gasteiger partial charge in [-0.05, 0) is 32.8 Å². The van der Waals surface area contributed by atoms with E-state index in [1.54, 1.807) is 20.8 Å². The minimum Gasteiger partial charge on any atom is -0.442 e. The Morgan fingerprint density at radius 2 is 1.84 bits per heavy atom. The van der Waals surface area contributed by atoms with Gasteiger partial charge in [-0.2, -0.15) is 0 Å². The standard InChI is InChI=1S/C14H19N2O3/c1-14(2,3)19-13(18)16-12(17)11(15)9-10-7-5-4-6-8-10/h4-8,11H,9,15H2,1-3H3/t11-/m0/s1. The molecule has 5 heteroatoms. The Labute approximate surface area is 113 Å². The monoisotopic (exact) mass is 263 g/mol. The van der Waals surface area contributed by atoms with Gasteiger partial charge in [0, 0.05) is 0 Å². The Hall–Kier alpha value is -1.88. The lowest BCUT2D eigenvalue weighted by Crippen LogP contribution is -2.42. The highest BCUT2D eigenvalue weighted by atomic mass is 16.6. The van der Waals surface area contributed by atoms with Gasteiger partial charge in [-0.1, -0.05) is 30.3 Å². The smallest absolute Gasteiger partial charge is 0.437 e. The second-order valence-electron chi connectivity index (χ2n) is 5.23. The van der Waals surface area contributed by atoms with E-state index in [0.29, 0.717) is 6.42 Å². The number of imide groups is 1. The SMILES string of the molecule is CC(C)(C)OC(=O)[N]C(=O)[C@@H](N)Cc1ccccc1. The summed E-state index contributed by atoms with van der Waals surface area (Å²) in [5.41, 5.74) is 5.95. The third-order valence-corrected chi connectivity index (χ3v) is 2.21. The largest absolute Gasteiger partial charge is 0.442 e. The van der Waals surface area contributed by atoms with Gasteiger partial charge < -0.3 is 10.5 Å². The van der Waals surface area contributed by atoms with Crippen molar-refractivity contribution in [1.29, 1.82) is 0 Å². The summed E-state index contributed by atoms with van der Waals surface area (Å²) in [6.07, 6.45) is -0.563. The first-order valence-corrected chi connectivity index (χ1v) is 6.06. The van der Waals surface area contributed by atoms with Crippen LogP contribution in [0.15, 0.2) is 30.3 Å². The van der Waals surface area contributed by atoms with Crippen LogP contribution in [0, 0.1) is 0 Å². The van der Waals surface area contributed by atoms with E-state index < -0.39 is 23.6 Å². The summed E-state index contributed by atoms with van der Waals surface area (Å²) in [6.45, 7) is 5.11. The van der Waals surface area contributed by atoms with Crippen LogP contribution in [0.3, 0.4) is 0 Å². The summed E-state index contributed by atoms with van der Waals surface area (Å²) in [6, 6.07) is 8.48. The number of amides is 2. The number of nitrogens with zero attached hydrogens (tertiary/aromatic N) is 1. The van der Waals surface area contributed by atoms with Crippen LogP contribution in [0.1, 0.15) is 26.3 Å². The molecule has 1 radical (unpaired) electrons. The van der Waals surface area contributed by atoms with Crippen LogP contribution < -0.4 is 11.1 Å². The summed E-state index contributed by atoms with van der Waals surface area (Å²) in [5, 5.41) is 3.33. The molecule has 0 aliphatic rings. The lowest BCUT2D eigenvalue weighted by atomic mass is 10.1. The van der Waals surface area contributed by atoms with Crippen molar-refractivity contribution < 1.29 is 14.3 Å². The van der Waals surface area contributed by atoms with Crippen LogP contribution in [0.4, 0.5) is 4.79 Å². The fourth-order valence-electron chi connectivity index (χ4n) is 1.41. The van der Waals surface area contributed by atoms with Crippen LogP contribution in [0.5, 0.6) is 0 Å². The minimum absolute atomic E-state index is 0.339. The molecule has 0 fully saturated rings. The van der Waals surface area contributed by atoms with E-state index in [1.807, 2.05) is 30.3 Å². The Balaban J connectivity index is 2.47. The molecule has 0 aliphatic carbocycles. The highest BCUT2D eigenvalue weighted by molar-refractivity contribution is 5.94. The molecule has 0 bridgehead atoms. The molecule has 1 atom stereocenters. The number of hydrogen-bond acceptors (Lipinski definition) is 4. The number of hydrogen-bond donors (Lipinski definition) is 1. The van der Waals surface area contributed by atoms with Gasteiger partial charge in [0.1, 0.15) is 5.60 Å². The number of carbonyl (C=O) groups excluding carboxylic acids is 2. The van der Waals surface area contributed by atoms with Gasteiger partial charge in [0.2, 0.25) is 0 Å². The molecule has 103 valence electrons.